The summed E-state index contributed by atoms with van der Waals surface area (Å²) in [7, 11) is 0. The Bertz CT molecular complexity index is 844. The predicted molar refractivity (Wildman–Crippen MR) is 105 cm³/mol. The number of hydrogen-bond donors (Lipinski definition) is 1. The zero-order chi connectivity index (χ0) is 19.4. The molecule has 0 spiro atoms. The van der Waals surface area contributed by atoms with E-state index in [1.165, 1.54) is 4.90 Å². The highest BCUT2D eigenvalue weighted by molar-refractivity contribution is 6.35. The van der Waals surface area contributed by atoms with E-state index in [0.717, 1.165) is 5.56 Å². The minimum atomic E-state index is -0.912. The molecule has 2 aromatic carbocycles. The van der Waals surface area contributed by atoms with E-state index in [0.29, 0.717) is 28.6 Å². The third kappa shape index (κ3) is 4.54. The number of aryl methyl sites for hydroxylation is 1. The summed E-state index contributed by atoms with van der Waals surface area (Å²) >= 11 is 11.9. The highest BCUT2D eigenvalue weighted by atomic mass is 35.5. The van der Waals surface area contributed by atoms with Crippen LogP contribution in [0.5, 0.6) is 5.75 Å². The van der Waals surface area contributed by atoms with Crippen LogP contribution in [0.25, 0.3) is 0 Å². The van der Waals surface area contributed by atoms with Gasteiger partial charge in [0.2, 0.25) is 0 Å². The SMILES string of the molecule is C[C@@]1(CCc2ccccc2)NC(=O)N(CCOc2ccc(Cl)cc2Cl)C1=O. The van der Waals surface area contributed by atoms with Gasteiger partial charge < -0.3 is 10.1 Å². The lowest BCUT2D eigenvalue weighted by Gasteiger charge is -2.21. The Balaban J connectivity index is 1.57. The van der Waals surface area contributed by atoms with Gasteiger partial charge in [0.05, 0.1) is 11.6 Å². The molecule has 0 radical (unpaired) electrons. The van der Waals surface area contributed by atoms with E-state index in [1.54, 1.807) is 25.1 Å². The van der Waals surface area contributed by atoms with E-state index >= 15 is 0 Å². The normalized spacial score (nSPS) is 19.3. The van der Waals surface area contributed by atoms with Crippen molar-refractivity contribution in [3.05, 3.63) is 64.1 Å². The van der Waals surface area contributed by atoms with Crippen LogP contribution in [0.4, 0.5) is 4.79 Å². The van der Waals surface area contributed by atoms with Gasteiger partial charge in [-0.1, -0.05) is 53.5 Å². The highest BCUT2D eigenvalue weighted by Crippen LogP contribution is 2.28. The lowest BCUT2D eigenvalue weighted by molar-refractivity contribution is -0.131. The number of carbonyl (C=O) groups is 2. The van der Waals surface area contributed by atoms with Crippen LogP contribution in [0.15, 0.2) is 48.5 Å². The number of nitrogens with one attached hydrogen (secondary N) is 1. The topological polar surface area (TPSA) is 58.6 Å². The number of halogens is 2. The minimum absolute atomic E-state index is 0.143. The van der Waals surface area contributed by atoms with Crippen LogP contribution in [0.2, 0.25) is 10.0 Å². The van der Waals surface area contributed by atoms with Gasteiger partial charge in [0, 0.05) is 5.02 Å². The second kappa shape index (κ2) is 8.19. The molecular formula is C20H20Cl2N2O3. The van der Waals surface area contributed by atoms with E-state index in [2.05, 4.69) is 5.32 Å². The van der Waals surface area contributed by atoms with Crippen LogP contribution in [-0.4, -0.2) is 35.5 Å². The molecule has 0 aromatic heterocycles. The second-order valence-corrected chi connectivity index (χ2v) is 7.47. The molecule has 0 saturated carbocycles. The molecule has 1 atom stereocenters. The van der Waals surface area contributed by atoms with Crippen molar-refractivity contribution in [1.29, 1.82) is 0 Å². The molecule has 0 unspecified atom stereocenters. The van der Waals surface area contributed by atoms with E-state index in [9.17, 15) is 9.59 Å². The zero-order valence-electron chi connectivity index (χ0n) is 14.9. The van der Waals surface area contributed by atoms with Gasteiger partial charge in [0.1, 0.15) is 17.9 Å². The molecule has 1 fully saturated rings. The molecule has 0 bridgehead atoms. The minimum Gasteiger partial charge on any atom is -0.490 e. The summed E-state index contributed by atoms with van der Waals surface area (Å²) < 4.78 is 5.58. The average molecular weight is 407 g/mol. The fourth-order valence-corrected chi connectivity index (χ4v) is 3.46. The van der Waals surface area contributed by atoms with Gasteiger partial charge in [0.25, 0.3) is 5.91 Å². The van der Waals surface area contributed by atoms with Crippen LogP contribution >= 0.6 is 23.2 Å². The molecule has 3 rings (SSSR count). The van der Waals surface area contributed by atoms with Gasteiger partial charge in [-0.05, 0) is 43.5 Å². The summed E-state index contributed by atoms with van der Waals surface area (Å²) in [5, 5.41) is 3.70. The number of imide groups is 1. The molecule has 1 aliphatic rings. The maximum absolute atomic E-state index is 12.8. The monoisotopic (exact) mass is 406 g/mol. The first kappa shape index (κ1) is 19.5. The van der Waals surface area contributed by atoms with Gasteiger partial charge in [0.15, 0.2) is 0 Å². The Hall–Kier alpha value is -2.24. The standard InChI is InChI=1S/C20H20Cl2N2O3/c1-20(10-9-14-5-3-2-4-6-14)18(25)24(19(26)23-20)11-12-27-17-8-7-15(21)13-16(17)22/h2-8,13H,9-12H2,1H3,(H,23,26)/t20-/m0/s1. The van der Waals surface area contributed by atoms with Crippen LogP contribution in [0.3, 0.4) is 0 Å². The zero-order valence-corrected chi connectivity index (χ0v) is 16.4. The smallest absolute Gasteiger partial charge is 0.325 e. The molecule has 1 aliphatic heterocycles. The molecule has 7 heteroatoms. The van der Waals surface area contributed by atoms with Crippen LogP contribution in [0.1, 0.15) is 18.9 Å². The van der Waals surface area contributed by atoms with Crippen molar-refractivity contribution in [2.75, 3.05) is 13.2 Å². The van der Waals surface area contributed by atoms with Crippen molar-refractivity contribution in [2.24, 2.45) is 0 Å². The van der Waals surface area contributed by atoms with Crippen molar-refractivity contribution in [3.63, 3.8) is 0 Å². The molecule has 1 N–H and O–H groups in total. The first-order valence-corrected chi connectivity index (χ1v) is 9.40. The molecule has 1 saturated heterocycles. The average Bonchev–Trinajstić information content (AvgIpc) is 2.86. The Morgan fingerprint density at radius 2 is 1.85 bits per heavy atom. The third-order valence-electron chi connectivity index (χ3n) is 4.57. The first-order valence-electron chi connectivity index (χ1n) is 8.65. The Morgan fingerprint density at radius 1 is 1.11 bits per heavy atom. The van der Waals surface area contributed by atoms with E-state index in [1.807, 2.05) is 30.3 Å². The molecule has 1 heterocycles. The van der Waals surface area contributed by atoms with Crippen LogP contribution in [0, 0.1) is 0 Å². The number of benzene rings is 2. The Morgan fingerprint density at radius 3 is 2.56 bits per heavy atom. The number of rotatable bonds is 7. The maximum Gasteiger partial charge on any atom is 0.325 e. The number of urea groups is 1. The largest absolute Gasteiger partial charge is 0.490 e. The number of hydrogen-bond acceptors (Lipinski definition) is 3. The fourth-order valence-electron chi connectivity index (χ4n) is 3.00. The van der Waals surface area contributed by atoms with E-state index < -0.39 is 11.6 Å². The number of amides is 3. The van der Waals surface area contributed by atoms with E-state index in [-0.39, 0.29) is 19.1 Å². The van der Waals surface area contributed by atoms with Crippen LogP contribution < -0.4 is 10.1 Å². The Labute approximate surface area is 168 Å². The van der Waals surface area contributed by atoms with Crippen LogP contribution in [-0.2, 0) is 11.2 Å². The number of carbonyl (C=O) groups excluding carboxylic acids is 2. The second-order valence-electron chi connectivity index (χ2n) is 6.63. The summed E-state index contributed by atoms with van der Waals surface area (Å²) in [4.78, 5) is 26.2. The summed E-state index contributed by atoms with van der Waals surface area (Å²) in [6.45, 7) is 2.05. The summed E-state index contributed by atoms with van der Waals surface area (Å²) in [6.07, 6.45) is 1.23. The Kier molecular flexibility index (Phi) is 5.92. The first-order chi connectivity index (χ1) is 12.9. The van der Waals surface area contributed by atoms with Crippen molar-refractivity contribution >= 4 is 35.1 Å². The van der Waals surface area contributed by atoms with Crippen molar-refractivity contribution in [2.45, 2.75) is 25.3 Å². The van der Waals surface area contributed by atoms with E-state index in [4.69, 9.17) is 27.9 Å². The van der Waals surface area contributed by atoms with Gasteiger partial charge in [-0.2, -0.15) is 0 Å². The number of ether oxygens (including phenoxy) is 1. The highest BCUT2D eigenvalue weighted by Gasteiger charge is 2.47. The third-order valence-corrected chi connectivity index (χ3v) is 5.10. The fraction of sp³-hybridized carbons (Fsp3) is 0.300. The maximum atomic E-state index is 12.8. The molecular weight excluding hydrogens is 387 g/mol. The summed E-state index contributed by atoms with van der Waals surface area (Å²) in [5.41, 5.74) is 0.213. The van der Waals surface area contributed by atoms with Crippen molar-refractivity contribution < 1.29 is 14.3 Å². The lowest BCUT2D eigenvalue weighted by atomic mass is 9.93. The molecule has 3 amide bonds. The predicted octanol–water partition coefficient (Wildman–Crippen LogP) is 4.32. The molecule has 142 valence electrons. The lowest BCUT2D eigenvalue weighted by Crippen LogP contribution is -2.44. The quantitative estimate of drug-likeness (QED) is 0.696. The molecule has 5 nitrogen and oxygen atoms in total. The summed E-state index contributed by atoms with van der Waals surface area (Å²) in [6, 6.07) is 14.4. The van der Waals surface area contributed by atoms with Gasteiger partial charge in [-0.25, -0.2) is 4.79 Å². The van der Waals surface area contributed by atoms with Gasteiger partial charge in [-0.15, -0.1) is 0 Å². The van der Waals surface area contributed by atoms with Gasteiger partial charge >= 0.3 is 6.03 Å². The van der Waals surface area contributed by atoms with Crippen molar-refractivity contribution in [3.8, 4) is 5.75 Å². The number of nitrogens with zero attached hydrogens (tertiary/aromatic N) is 1. The van der Waals surface area contributed by atoms with Crippen molar-refractivity contribution in [1.82, 2.24) is 10.2 Å². The van der Waals surface area contributed by atoms with Gasteiger partial charge in [-0.3, -0.25) is 9.69 Å². The molecule has 27 heavy (non-hydrogen) atoms. The molecule has 0 aliphatic carbocycles. The molecule has 2 aromatic rings. The summed E-state index contributed by atoms with van der Waals surface area (Å²) in [5.74, 6) is 0.217.